The van der Waals surface area contributed by atoms with Crippen molar-refractivity contribution in [1.82, 2.24) is 4.57 Å². The summed E-state index contributed by atoms with van der Waals surface area (Å²) in [6, 6.07) is 7.51. The fourth-order valence-corrected chi connectivity index (χ4v) is 1.76. The summed E-state index contributed by atoms with van der Waals surface area (Å²) in [7, 11) is 0. The van der Waals surface area contributed by atoms with Crippen LogP contribution in [-0.4, -0.2) is 10.4 Å². The Morgan fingerprint density at radius 2 is 2.25 bits per heavy atom. The second kappa shape index (κ2) is 4.84. The summed E-state index contributed by atoms with van der Waals surface area (Å²) in [5.74, 6) is 1.03. The third-order valence-electron chi connectivity index (χ3n) is 2.63. The van der Waals surface area contributed by atoms with Gasteiger partial charge in [-0.25, -0.2) is 0 Å². The van der Waals surface area contributed by atoms with E-state index in [1.165, 1.54) is 0 Å². The number of ketones is 1. The van der Waals surface area contributed by atoms with Gasteiger partial charge in [-0.2, -0.15) is 0 Å². The Morgan fingerprint density at radius 3 is 2.94 bits per heavy atom. The molecule has 0 fully saturated rings. The minimum atomic E-state index is 0.170. The Kier molecular flexibility index (Phi) is 3.25. The maximum absolute atomic E-state index is 11.9. The maximum Gasteiger partial charge on any atom is 0.179 e. The van der Waals surface area contributed by atoms with Gasteiger partial charge < -0.3 is 8.98 Å². The summed E-state index contributed by atoms with van der Waals surface area (Å²) in [6.45, 7) is 2.86. The van der Waals surface area contributed by atoms with Crippen molar-refractivity contribution in [2.45, 2.75) is 26.3 Å². The van der Waals surface area contributed by atoms with Crippen LogP contribution in [0.1, 0.15) is 29.6 Å². The highest BCUT2D eigenvalue weighted by Crippen LogP contribution is 2.10. The Hall–Kier alpha value is -1.77. The van der Waals surface area contributed by atoms with Gasteiger partial charge in [0, 0.05) is 25.6 Å². The van der Waals surface area contributed by atoms with Crippen LogP contribution in [0.25, 0.3) is 0 Å². The van der Waals surface area contributed by atoms with Crippen molar-refractivity contribution in [1.29, 1.82) is 0 Å². The molecule has 0 saturated heterocycles. The van der Waals surface area contributed by atoms with Crippen molar-refractivity contribution in [3.8, 4) is 0 Å². The van der Waals surface area contributed by atoms with Crippen molar-refractivity contribution in [2.24, 2.45) is 0 Å². The van der Waals surface area contributed by atoms with Crippen LogP contribution < -0.4 is 0 Å². The number of hydrogen-bond donors (Lipinski definition) is 0. The standard InChI is InChI=1S/C13H15NO2/c1-2-14-9-3-6-12(14)13(15)8-7-11-5-4-10-16-11/h3-6,9-10H,2,7-8H2,1H3. The van der Waals surface area contributed by atoms with Crippen LogP contribution in [0.5, 0.6) is 0 Å². The smallest absolute Gasteiger partial charge is 0.179 e. The highest BCUT2D eigenvalue weighted by Gasteiger charge is 2.10. The van der Waals surface area contributed by atoms with E-state index >= 15 is 0 Å². The first-order chi connectivity index (χ1) is 7.81. The Labute approximate surface area is 94.7 Å². The Morgan fingerprint density at radius 1 is 1.38 bits per heavy atom. The van der Waals surface area contributed by atoms with Crippen LogP contribution in [0.15, 0.2) is 41.1 Å². The number of nitrogens with zero attached hydrogens (tertiary/aromatic N) is 1. The molecule has 84 valence electrons. The fraction of sp³-hybridized carbons (Fsp3) is 0.308. The van der Waals surface area contributed by atoms with Crippen LogP contribution in [0.4, 0.5) is 0 Å². The molecule has 0 spiro atoms. The average Bonchev–Trinajstić information content (AvgIpc) is 2.96. The molecule has 0 atom stereocenters. The Balaban J connectivity index is 1.98. The molecule has 2 rings (SSSR count). The van der Waals surface area contributed by atoms with Crippen molar-refractivity contribution in [3.63, 3.8) is 0 Å². The molecule has 2 heterocycles. The lowest BCUT2D eigenvalue weighted by Gasteiger charge is -2.04. The van der Waals surface area contributed by atoms with Gasteiger partial charge in [-0.1, -0.05) is 0 Å². The van der Waals surface area contributed by atoms with Crippen LogP contribution in [-0.2, 0) is 13.0 Å². The van der Waals surface area contributed by atoms with Crippen LogP contribution >= 0.6 is 0 Å². The van der Waals surface area contributed by atoms with Gasteiger partial charge in [-0.15, -0.1) is 0 Å². The predicted molar refractivity (Wildman–Crippen MR) is 61.5 cm³/mol. The molecule has 0 radical (unpaired) electrons. The SMILES string of the molecule is CCn1cccc1C(=O)CCc1ccco1. The monoisotopic (exact) mass is 217 g/mol. The third-order valence-corrected chi connectivity index (χ3v) is 2.63. The quantitative estimate of drug-likeness (QED) is 0.722. The number of aromatic nitrogens is 1. The molecule has 0 aliphatic heterocycles. The number of Topliss-reactive ketones (excluding diaryl/α,β-unsaturated/α-hetero) is 1. The summed E-state index contributed by atoms with van der Waals surface area (Å²) in [4.78, 5) is 11.9. The molecular formula is C13H15NO2. The van der Waals surface area contributed by atoms with Crippen molar-refractivity contribution >= 4 is 5.78 Å². The predicted octanol–water partition coefficient (Wildman–Crippen LogP) is 2.92. The third kappa shape index (κ3) is 2.24. The van der Waals surface area contributed by atoms with E-state index in [2.05, 4.69) is 0 Å². The molecule has 3 nitrogen and oxygen atoms in total. The second-order valence-corrected chi connectivity index (χ2v) is 3.68. The molecule has 0 aliphatic rings. The topological polar surface area (TPSA) is 35.1 Å². The first-order valence-corrected chi connectivity index (χ1v) is 5.52. The van der Waals surface area contributed by atoms with E-state index in [1.807, 2.05) is 42.0 Å². The number of carbonyl (C=O) groups is 1. The normalized spacial score (nSPS) is 10.6. The molecule has 16 heavy (non-hydrogen) atoms. The van der Waals surface area contributed by atoms with Gasteiger partial charge in [0.15, 0.2) is 5.78 Å². The van der Waals surface area contributed by atoms with Crippen molar-refractivity contribution in [2.75, 3.05) is 0 Å². The number of furan rings is 1. The van der Waals surface area contributed by atoms with Crippen LogP contribution in [0.3, 0.4) is 0 Å². The molecule has 0 aliphatic carbocycles. The summed E-state index contributed by atoms with van der Waals surface area (Å²) < 4.78 is 7.16. The van der Waals surface area contributed by atoms with E-state index in [-0.39, 0.29) is 5.78 Å². The molecular weight excluding hydrogens is 202 g/mol. The zero-order valence-corrected chi connectivity index (χ0v) is 9.35. The first-order valence-electron chi connectivity index (χ1n) is 5.52. The van der Waals surface area contributed by atoms with Crippen LogP contribution in [0, 0.1) is 0 Å². The molecule has 0 N–H and O–H groups in total. The van der Waals surface area contributed by atoms with Gasteiger partial charge in [-0.05, 0) is 31.2 Å². The molecule has 0 bridgehead atoms. The van der Waals surface area contributed by atoms with E-state index in [1.54, 1.807) is 6.26 Å². The minimum absolute atomic E-state index is 0.170. The summed E-state index contributed by atoms with van der Waals surface area (Å²) in [5.41, 5.74) is 0.786. The summed E-state index contributed by atoms with van der Waals surface area (Å²) in [5, 5.41) is 0. The van der Waals surface area contributed by atoms with Gasteiger partial charge in [0.2, 0.25) is 0 Å². The highest BCUT2D eigenvalue weighted by molar-refractivity contribution is 5.94. The lowest BCUT2D eigenvalue weighted by Crippen LogP contribution is -2.08. The van der Waals surface area contributed by atoms with E-state index in [0.717, 1.165) is 18.0 Å². The van der Waals surface area contributed by atoms with Crippen LogP contribution in [0.2, 0.25) is 0 Å². The van der Waals surface area contributed by atoms with Gasteiger partial charge in [0.25, 0.3) is 0 Å². The molecule has 0 unspecified atom stereocenters. The number of carbonyl (C=O) groups excluding carboxylic acids is 1. The van der Waals surface area contributed by atoms with Crippen molar-refractivity contribution in [3.05, 3.63) is 48.2 Å². The van der Waals surface area contributed by atoms with E-state index in [4.69, 9.17) is 4.42 Å². The largest absolute Gasteiger partial charge is 0.469 e. The van der Waals surface area contributed by atoms with Gasteiger partial charge >= 0.3 is 0 Å². The van der Waals surface area contributed by atoms with Gasteiger partial charge in [0.05, 0.1) is 12.0 Å². The first kappa shape index (κ1) is 10.7. The molecule has 2 aromatic heterocycles. The summed E-state index contributed by atoms with van der Waals surface area (Å²) in [6.07, 6.45) is 4.73. The molecule has 0 amide bonds. The Bertz CT molecular complexity index is 454. The molecule has 2 aromatic rings. The molecule has 0 saturated carbocycles. The number of hydrogen-bond acceptors (Lipinski definition) is 2. The molecule has 3 heteroatoms. The lowest BCUT2D eigenvalue weighted by molar-refractivity contribution is 0.0972. The number of aryl methyl sites for hydroxylation is 2. The fourth-order valence-electron chi connectivity index (χ4n) is 1.76. The number of rotatable bonds is 5. The van der Waals surface area contributed by atoms with Gasteiger partial charge in [0.1, 0.15) is 5.76 Å². The second-order valence-electron chi connectivity index (χ2n) is 3.68. The maximum atomic E-state index is 11.9. The average molecular weight is 217 g/mol. The highest BCUT2D eigenvalue weighted by atomic mass is 16.3. The minimum Gasteiger partial charge on any atom is -0.469 e. The summed E-state index contributed by atoms with van der Waals surface area (Å²) >= 11 is 0. The van der Waals surface area contributed by atoms with E-state index in [0.29, 0.717) is 12.8 Å². The van der Waals surface area contributed by atoms with Crippen molar-refractivity contribution < 1.29 is 9.21 Å². The molecule has 0 aromatic carbocycles. The lowest BCUT2D eigenvalue weighted by atomic mass is 10.1. The van der Waals surface area contributed by atoms with E-state index in [9.17, 15) is 4.79 Å². The van der Waals surface area contributed by atoms with Gasteiger partial charge in [-0.3, -0.25) is 4.79 Å². The zero-order chi connectivity index (χ0) is 11.4. The zero-order valence-electron chi connectivity index (χ0n) is 9.35. The van der Waals surface area contributed by atoms with E-state index < -0.39 is 0 Å².